The van der Waals surface area contributed by atoms with Crippen molar-refractivity contribution in [3.05, 3.63) is 12.3 Å². The maximum absolute atomic E-state index is 12.3. The zero-order valence-corrected chi connectivity index (χ0v) is 24.2. The predicted octanol–water partition coefficient (Wildman–Crippen LogP) is 2.33. The lowest BCUT2D eigenvalue weighted by molar-refractivity contribution is -0.221. The van der Waals surface area contributed by atoms with Gasteiger partial charge in [0, 0.05) is 22.2 Å². The standard InChI is InChI=1S/C12H27N2O5P.C11H22N2O/c1-10(2,3)13-9(15)12(7,14-11(4,5)6)8-19-20(16,17)18;1-8(12-10(2,3)4)9(14)13-11(5,6)7/h14H,8H2,1-7H3,(H,13,15)(H2,16,17,18);12H,1H2,2-7H3,(H,13,14)/p-1/t12-;/m0./s1. The lowest BCUT2D eigenvalue weighted by Crippen LogP contribution is -2.65. The molecular formula is C23H48N4O6P-. The summed E-state index contributed by atoms with van der Waals surface area (Å²) in [6.45, 7) is 27.5. The summed E-state index contributed by atoms with van der Waals surface area (Å²) in [7, 11) is -4.89. The minimum absolute atomic E-state index is 0.133. The molecule has 0 aromatic carbocycles. The van der Waals surface area contributed by atoms with E-state index < -0.39 is 37.0 Å². The van der Waals surface area contributed by atoms with Crippen molar-refractivity contribution in [2.24, 2.45) is 0 Å². The van der Waals surface area contributed by atoms with Gasteiger partial charge in [0.1, 0.15) is 5.54 Å². The monoisotopic (exact) mass is 507 g/mol. The van der Waals surface area contributed by atoms with Crippen LogP contribution in [-0.4, -0.2) is 51.0 Å². The molecule has 0 aliphatic rings. The van der Waals surface area contributed by atoms with Crippen molar-refractivity contribution in [2.75, 3.05) is 6.61 Å². The van der Waals surface area contributed by atoms with Gasteiger partial charge < -0.3 is 30.3 Å². The molecule has 0 heterocycles. The first-order valence-electron chi connectivity index (χ1n) is 11.2. The van der Waals surface area contributed by atoms with Gasteiger partial charge in [0.15, 0.2) is 0 Å². The minimum Gasteiger partial charge on any atom is -0.756 e. The topological polar surface area (TPSA) is 152 Å². The number of amides is 2. The number of hydrogen-bond donors (Lipinski definition) is 5. The van der Waals surface area contributed by atoms with E-state index in [-0.39, 0.29) is 17.0 Å². The van der Waals surface area contributed by atoms with Crippen molar-refractivity contribution in [3.8, 4) is 0 Å². The average molecular weight is 508 g/mol. The molecule has 11 heteroatoms. The summed E-state index contributed by atoms with van der Waals surface area (Å²) in [6.07, 6.45) is 0. The summed E-state index contributed by atoms with van der Waals surface area (Å²) in [5, 5.41) is 11.7. The summed E-state index contributed by atoms with van der Waals surface area (Å²) in [4.78, 5) is 43.4. The molecule has 1 unspecified atom stereocenters. The van der Waals surface area contributed by atoms with Crippen LogP contribution in [-0.2, 0) is 18.7 Å². The lowest BCUT2D eigenvalue weighted by Gasteiger charge is -2.38. The fourth-order valence-electron chi connectivity index (χ4n) is 2.60. The molecule has 5 N–H and O–H groups in total. The summed E-state index contributed by atoms with van der Waals surface area (Å²) < 4.78 is 15.2. The van der Waals surface area contributed by atoms with Crippen LogP contribution in [0.15, 0.2) is 12.3 Å². The highest BCUT2D eigenvalue weighted by Gasteiger charge is 2.39. The van der Waals surface area contributed by atoms with Gasteiger partial charge in [-0.1, -0.05) is 6.58 Å². The zero-order valence-electron chi connectivity index (χ0n) is 23.3. The van der Waals surface area contributed by atoms with Crippen molar-refractivity contribution in [1.82, 2.24) is 21.3 Å². The molecule has 0 spiro atoms. The van der Waals surface area contributed by atoms with E-state index in [1.807, 2.05) is 83.1 Å². The molecule has 0 aromatic heterocycles. The van der Waals surface area contributed by atoms with Gasteiger partial charge in [-0.05, 0) is 90.0 Å². The van der Waals surface area contributed by atoms with Crippen LogP contribution in [0.1, 0.15) is 90.0 Å². The summed E-state index contributed by atoms with van der Waals surface area (Å²) in [5.41, 5.74) is -2.17. The first kappa shape index (κ1) is 34.7. The van der Waals surface area contributed by atoms with Crippen LogP contribution < -0.4 is 26.2 Å². The molecule has 10 nitrogen and oxygen atoms in total. The third kappa shape index (κ3) is 20.0. The second-order valence-corrected chi connectivity index (χ2v) is 13.9. The molecule has 0 aliphatic heterocycles. The number of nitrogens with one attached hydrogen (secondary N) is 4. The molecule has 2 atom stereocenters. The Labute approximate surface area is 206 Å². The van der Waals surface area contributed by atoms with Crippen LogP contribution in [0, 0.1) is 0 Å². The average Bonchev–Trinajstić information content (AvgIpc) is 2.46. The highest BCUT2D eigenvalue weighted by Crippen LogP contribution is 2.32. The fourth-order valence-corrected chi connectivity index (χ4v) is 3.02. The van der Waals surface area contributed by atoms with E-state index in [9.17, 15) is 19.0 Å². The number of hydrogen-bond acceptors (Lipinski definition) is 7. The normalized spacial score (nSPS) is 16.2. The van der Waals surface area contributed by atoms with Gasteiger partial charge in [-0.2, -0.15) is 0 Å². The third-order valence-electron chi connectivity index (χ3n) is 3.45. The van der Waals surface area contributed by atoms with Crippen molar-refractivity contribution in [1.29, 1.82) is 0 Å². The van der Waals surface area contributed by atoms with E-state index in [0.29, 0.717) is 5.70 Å². The molecule has 0 saturated carbocycles. The molecule has 0 radical (unpaired) electrons. The van der Waals surface area contributed by atoms with E-state index in [4.69, 9.17) is 4.89 Å². The third-order valence-corrected chi connectivity index (χ3v) is 3.90. The van der Waals surface area contributed by atoms with Crippen LogP contribution in [0.2, 0.25) is 0 Å². The van der Waals surface area contributed by atoms with Gasteiger partial charge in [0.05, 0.1) is 12.3 Å². The second-order valence-electron chi connectivity index (χ2n) is 12.7. The van der Waals surface area contributed by atoms with Crippen LogP contribution in [0.4, 0.5) is 0 Å². The Hall–Kier alpha value is -1.45. The first-order chi connectivity index (χ1) is 14.6. The Morgan fingerprint density at radius 1 is 0.794 bits per heavy atom. The maximum Gasteiger partial charge on any atom is 0.267 e. The van der Waals surface area contributed by atoms with Crippen LogP contribution in [0.5, 0.6) is 0 Å². The largest absolute Gasteiger partial charge is 0.756 e. The molecule has 0 aliphatic carbocycles. The summed E-state index contributed by atoms with van der Waals surface area (Å²) in [5.74, 6) is -0.555. The molecular weight excluding hydrogens is 459 g/mol. The molecule has 34 heavy (non-hydrogen) atoms. The van der Waals surface area contributed by atoms with Crippen molar-refractivity contribution in [3.63, 3.8) is 0 Å². The molecule has 202 valence electrons. The molecule has 0 saturated heterocycles. The van der Waals surface area contributed by atoms with Gasteiger partial charge >= 0.3 is 0 Å². The number of rotatable bonds is 7. The van der Waals surface area contributed by atoms with E-state index in [1.54, 1.807) is 0 Å². The molecule has 2 amide bonds. The SMILES string of the molecule is C=C(NC(C)(C)C)C(=O)NC(C)(C)C.CC(C)(C)NC(=O)[C@](C)(COP(=O)([O-])O)NC(C)(C)C. The summed E-state index contributed by atoms with van der Waals surface area (Å²) >= 11 is 0. The quantitative estimate of drug-likeness (QED) is 0.260. The molecule has 0 bridgehead atoms. The lowest BCUT2D eigenvalue weighted by atomic mass is 9.95. The van der Waals surface area contributed by atoms with Gasteiger partial charge in [0.2, 0.25) is 5.91 Å². The fraction of sp³-hybridized carbons (Fsp3) is 0.826. The Kier molecular flexibility index (Phi) is 12.2. The van der Waals surface area contributed by atoms with Crippen molar-refractivity contribution < 1.29 is 28.5 Å². The maximum atomic E-state index is 12.3. The van der Waals surface area contributed by atoms with Gasteiger partial charge in [-0.25, -0.2) is 0 Å². The Bertz CT molecular complexity index is 725. The van der Waals surface area contributed by atoms with Gasteiger partial charge in [-0.15, -0.1) is 0 Å². The van der Waals surface area contributed by atoms with E-state index in [2.05, 4.69) is 32.4 Å². The number of carbonyl (C=O) groups excluding carboxylic acids is 2. The minimum atomic E-state index is -4.89. The Morgan fingerprint density at radius 3 is 1.47 bits per heavy atom. The zero-order chi connectivity index (χ0) is 28.0. The Morgan fingerprint density at radius 2 is 1.18 bits per heavy atom. The van der Waals surface area contributed by atoms with Crippen molar-refractivity contribution >= 4 is 19.6 Å². The molecule has 0 fully saturated rings. The number of phosphoric acid groups is 1. The van der Waals surface area contributed by atoms with Crippen LogP contribution in [0.25, 0.3) is 0 Å². The van der Waals surface area contributed by atoms with Gasteiger partial charge in [-0.3, -0.25) is 19.5 Å². The predicted molar refractivity (Wildman–Crippen MR) is 135 cm³/mol. The summed E-state index contributed by atoms with van der Waals surface area (Å²) in [6, 6.07) is 0. The highest BCUT2D eigenvalue weighted by molar-refractivity contribution is 7.44. The van der Waals surface area contributed by atoms with Crippen molar-refractivity contribution in [2.45, 2.75) is 118 Å². The van der Waals surface area contributed by atoms with E-state index >= 15 is 0 Å². The number of phosphoric ester groups is 1. The molecule has 0 aromatic rings. The van der Waals surface area contributed by atoms with E-state index in [0.717, 1.165) is 0 Å². The van der Waals surface area contributed by atoms with Gasteiger partial charge in [0.25, 0.3) is 13.7 Å². The van der Waals surface area contributed by atoms with Crippen LogP contribution in [0.3, 0.4) is 0 Å². The highest BCUT2D eigenvalue weighted by atomic mass is 31.2. The second kappa shape index (κ2) is 12.0. The van der Waals surface area contributed by atoms with E-state index in [1.165, 1.54) is 6.92 Å². The number of carbonyl (C=O) groups is 2. The molecule has 0 rings (SSSR count). The van der Waals surface area contributed by atoms with Crippen LogP contribution >= 0.6 is 7.82 Å². The smallest absolute Gasteiger partial charge is 0.267 e. The Balaban J connectivity index is 0. The first-order valence-corrected chi connectivity index (χ1v) is 12.6.